The number of rotatable bonds is 5. The molecule has 1 atom stereocenters. The van der Waals surface area contributed by atoms with Gasteiger partial charge in [0.15, 0.2) is 5.65 Å². The van der Waals surface area contributed by atoms with Crippen molar-refractivity contribution >= 4 is 11.6 Å². The number of hydrogen-bond donors (Lipinski definition) is 2. The minimum Gasteiger partial charge on any atom is -0.496 e. The Morgan fingerprint density at radius 3 is 2.83 bits per heavy atom. The molecule has 1 saturated heterocycles. The van der Waals surface area contributed by atoms with Crippen molar-refractivity contribution in [3.63, 3.8) is 0 Å². The van der Waals surface area contributed by atoms with Crippen LogP contribution in [0.4, 0.5) is 0 Å². The summed E-state index contributed by atoms with van der Waals surface area (Å²) in [6.45, 7) is 5.14. The van der Waals surface area contributed by atoms with Gasteiger partial charge in [0.05, 0.1) is 24.4 Å². The lowest BCUT2D eigenvalue weighted by Gasteiger charge is -2.20. The maximum absolute atomic E-state index is 12.8. The lowest BCUT2D eigenvalue weighted by molar-refractivity contribution is 0.0844. The number of amides is 1. The van der Waals surface area contributed by atoms with Crippen molar-refractivity contribution in [1.82, 2.24) is 19.9 Å². The van der Waals surface area contributed by atoms with E-state index in [-0.39, 0.29) is 11.5 Å². The number of benzene rings is 1. The summed E-state index contributed by atoms with van der Waals surface area (Å²) in [5.74, 6) is 0.591. The van der Waals surface area contributed by atoms with Gasteiger partial charge < -0.3 is 14.8 Å². The first-order valence-electron chi connectivity index (χ1n) is 10.1. The molecular weight excluding hydrogens is 384 g/mol. The second-order valence-corrected chi connectivity index (χ2v) is 7.66. The summed E-state index contributed by atoms with van der Waals surface area (Å²) in [5.41, 5.74) is 3.17. The fraction of sp³-hybridized carbons (Fsp3) is 0.409. The molecule has 8 heteroatoms. The van der Waals surface area contributed by atoms with Crippen LogP contribution in [0.1, 0.15) is 59.0 Å². The molecule has 0 radical (unpaired) electrons. The number of hydrogen-bond acceptors (Lipinski definition) is 5. The van der Waals surface area contributed by atoms with Gasteiger partial charge in [0.1, 0.15) is 5.75 Å². The van der Waals surface area contributed by atoms with Gasteiger partial charge in [-0.15, -0.1) is 0 Å². The number of carbonyl (C=O) groups excluding carboxylic acids is 1. The molecule has 1 aliphatic rings. The van der Waals surface area contributed by atoms with Crippen LogP contribution in [0.15, 0.2) is 35.1 Å². The van der Waals surface area contributed by atoms with Crippen LogP contribution in [-0.4, -0.2) is 40.8 Å². The third-order valence-electron chi connectivity index (χ3n) is 5.60. The summed E-state index contributed by atoms with van der Waals surface area (Å²) >= 11 is 0. The smallest absolute Gasteiger partial charge is 0.272 e. The molecule has 1 amide bonds. The number of para-hydroxylation sites is 1. The number of ether oxygens (including phenoxy) is 2. The minimum absolute atomic E-state index is 0.206. The second kappa shape index (κ2) is 8.31. The van der Waals surface area contributed by atoms with Crippen LogP contribution >= 0.6 is 0 Å². The molecule has 1 aromatic carbocycles. The Bertz CT molecular complexity index is 1130. The molecular formula is C22H26N4O4. The summed E-state index contributed by atoms with van der Waals surface area (Å²) in [7, 11) is 1.54. The van der Waals surface area contributed by atoms with E-state index >= 15 is 0 Å². The highest BCUT2D eigenvalue weighted by Gasteiger charge is 2.21. The largest absolute Gasteiger partial charge is 0.496 e. The number of carbonyl (C=O) groups is 1. The van der Waals surface area contributed by atoms with E-state index in [1.807, 2.05) is 32.0 Å². The molecule has 0 unspecified atom stereocenters. The molecule has 30 heavy (non-hydrogen) atoms. The Morgan fingerprint density at radius 1 is 1.33 bits per heavy atom. The molecule has 2 N–H and O–H groups in total. The first kappa shape index (κ1) is 20.2. The monoisotopic (exact) mass is 410 g/mol. The Hall–Kier alpha value is -3.13. The highest BCUT2D eigenvalue weighted by Crippen LogP contribution is 2.26. The predicted molar refractivity (Wildman–Crippen MR) is 112 cm³/mol. The quantitative estimate of drug-likeness (QED) is 0.674. The van der Waals surface area contributed by atoms with Gasteiger partial charge in [0.2, 0.25) is 0 Å². The lowest BCUT2D eigenvalue weighted by Crippen LogP contribution is -2.29. The van der Waals surface area contributed by atoms with Crippen molar-refractivity contribution in [2.24, 2.45) is 0 Å². The van der Waals surface area contributed by atoms with Crippen LogP contribution < -0.4 is 15.6 Å². The number of nitrogens with one attached hydrogen (secondary N) is 2. The van der Waals surface area contributed by atoms with E-state index in [9.17, 15) is 9.59 Å². The number of aryl methyl sites for hydroxylation is 1. The Morgan fingerprint density at radius 2 is 2.10 bits per heavy atom. The van der Waals surface area contributed by atoms with Crippen molar-refractivity contribution in [3.05, 3.63) is 63.2 Å². The predicted octanol–water partition coefficient (Wildman–Crippen LogP) is 2.72. The minimum atomic E-state index is -0.443. The van der Waals surface area contributed by atoms with E-state index in [1.54, 1.807) is 13.2 Å². The molecule has 0 spiro atoms. The van der Waals surface area contributed by atoms with Gasteiger partial charge in [-0.25, -0.2) is 9.50 Å². The number of nitrogens with zero attached hydrogens (tertiary/aromatic N) is 2. The molecule has 0 saturated carbocycles. The fourth-order valence-electron chi connectivity index (χ4n) is 3.92. The van der Waals surface area contributed by atoms with Crippen molar-refractivity contribution in [2.75, 3.05) is 20.3 Å². The van der Waals surface area contributed by atoms with Crippen LogP contribution in [0.3, 0.4) is 0 Å². The Balaban J connectivity index is 1.59. The zero-order chi connectivity index (χ0) is 21.3. The highest BCUT2D eigenvalue weighted by atomic mass is 16.5. The molecule has 1 aliphatic heterocycles. The molecule has 1 fully saturated rings. The first-order chi connectivity index (χ1) is 14.5. The molecule has 3 aromatic rings. The van der Waals surface area contributed by atoms with Gasteiger partial charge in [-0.05, 0) is 38.3 Å². The topological polar surface area (TPSA) is 97.7 Å². The number of methoxy groups -OCH3 is 1. The maximum atomic E-state index is 12.8. The van der Waals surface area contributed by atoms with E-state index in [1.165, 1.54) is 10.6 Å². The van der Waals surface area contributed by atoms with Crippen molar-refractivity contribution < 1.29 is 14.3 Å². The van der Waals surface area contributed by atoms with Crippen LogP contribution in [0.2, 0.25) is 0 Å². The number of H-pyrrole nitrogens is 1. The van der Waals surface area contributed by atoms with Gasteiger partial charge >= 0.3 is 0 Å². The van der Waals surface area contributed by atoms with E-state index in [2.05, 4.69) is 15.4 Å². The zero-order valence-electron chi connectivity index (χ0n) is 17.4. The molecule has 158 valence electrons. The Kier molecular flexibility index (Phi) is 5.59. The summed E-state index contributed by atoms with van der Waals surface area (Å²) in [6.07, 6.45) is 1.83. The van der Waals surface area contributed by atoms with Gasteiger partial charge in [-0.1, -0.05) is 12.1 Å². The normalized spacial score (nSPS) is 15.8. The third-order valence-corrected chi connectivity index (χ3v) is 5.60. The van der Waals surface area contributed by atoms with Crippen LogP contribution in [-0.2, 0) is 4.74 Å². The van der Waals surface area contributed by atoms with Gasteiger partial charge in [0.25, 0.3) is 11.5 Å². The SMILES string of the molecule is COc1c(C)cccc1C(=O)N[C@@H](C)c1cc(=O)n2[nH]c(C3CCOCC3)cc2n1. The first-order valence-corrected chi connectivity index (χ1v) is 10.1. The zero-order valence-corrected chi connectivity index (χ0v) is 17.4. The van der Waals surface area contributed by atoms with Crippen LogP contribution in [0, 0.1) is 6.92 Å². The second-order valence-electron chi connectivity index (χ2n) is 7.66. The maximum Gasteiger partial charge on any atom is 0.272 e. The lowest BCUT2D eigenvalue weighted by atomic mass is 9.97. The summed E-state index contributed by atoms with van der Waals surface area (Å²) in [4.78, 5) is 30.0. The van der Waals surface area contributed by atoms with Crippen molar-refractivity contribution in [1.29, 1.82) is 0 Å². The fourth-order valence-corrected chi connectivity index (χ4v) is 3.92. The molecule has 0 aliphatic carbocycles. The van der Waals surface area contributed by atoms with E-state index in [4.69, 9.17) is 9.47 Å². The van der Waals surface area contributed by atoms with Gasteiger partial charge in [0, 0.05) is 37.0 Å². The number of aromatic amines is 1. The van der Waals surface area contributed by atoms with Gasteiger partial charge in [-0.2, -0.15) is 0 Å². The molecule has 2 aromatic heterocycles. The van der Waals surface area contributed by atoms with Gasteiger partial charge in [-0.3, -0.25) is 14.7 Å². The summed E-state index contributed by atoms with van der Waals surface area (Å²) in [5, 5.41) is 6.09. The summed E-state index contributed by atoms with van der Waals surface area (Å²) in [6, 6.07) is 8.34. The van der Waals surface area contributed by atoms with Crippen molar-refractivity contribution in [2.45, 2.75) is 38.6 Å². The standard InChI is InChI=1S/C22H26N4O4/c1-13-5-4-6-16(21(13)29-3)22(28)23-14(2)17-12-20(27)26-19(24-17)11-18(25-26)15-7-9-30-10-8-15/h4-6,11-12,14-15,25H,7-10H2,1-3H3,(H,23,28)/t14-/m0/s1. The third kappa shape index (κ3) is 3.82. The molecule has 4 rings (SSSR count). The Labute approximate surface area is 174 Å². The van der Waals surface area contributed by atoms with Crippen LogP contribution in [0.25, 0.3) is 5.65 Å². The van der Waals surface area contributed by atoms with Crippen LogP contribution in [0.5, 0.6) is 5.75 Å². The highest BCUT2D eigenvalue weighted by molar-refractivity contribution is 5.97. The average Bonchev–Trinajstić information content (AvgIpc) is 3.19. The molecule has 8 nitrogen and oxygen atoms in total. The number of fused-ring (bicyclic) bond motifs is 1. The van der Waals surface area contributed by atoms with E-state index < -0.39 is 6.04 Å². The number of aromatic nitrogens is 3. The van der Waals surface area contributed by atoms with Crippen molar-refractivity contribution in [3.8, 4) is 5.75 Å². The molecule has 0 bridgehead atoms. The molecule has 3 heterocycles. The average molecular weight is 410 g/mol. The van der Waals surface area contributed by atoms with E-state index in [0.29, 0.717) is 28.6 Å². The van der Waals surface area contributed by atoms with E-state index in [0.717, 1.165) is 37.3 Å². The summed E-state index contributed by atoms with van der Waals surface area (Å²) < 4.78 is 12.2.